The Morgan fingerprint density at radius 3 is 2.43 bits per heavy atom. The molecule has 0 heterocycles. The summed E-state index contributed by atoms with van der Waals surface area (Å²) in [5.74, 6) is -2.45. The van der Waals surface area contributed by atoms with Crippen LogP contribution in [0.15, 0.2) is 12.1 Å². The van der Waals surface area contributed by atoms with Gasteiger partial charge in [-0.3, -0.25) is 4.79 Å². The number of phenolic OH excluding ortho intramolecular Hbond substituents is 1. The standard InChI is InChI=1S/C9H7F3O2/c1-4(13)5-3-8(14)6(9(11)12)2-7(5)10/h2-3,9,14H,1H3. The van der Waals surface area contributed by atoms with Gasteiger partial charge < -0.3 is 5.11 Å². The number of hydrogen-bond donors (Lipinski definition) is 1. The fourth-order valence-corrected chi connectivity index (χ4v) is 1.02. The quantitative estimate of drug-likeness (QED) is 0.752. The summed E-state index contributed by atoms with van der Waals surface area (Å²) >= 11 is 0. The van der Waals surface area contributed by atoms with Crippen molar-refractivity contribution in [2.45, 2.75) is 13.3 Å². The third-order valence-corrected chi connectivity index (χ3v) is 1.73. The number of aromatic hydroxyl groups is 1. The third-order valence-electron chi connectivity index (χ3n) is 1.73. The second kappa shape index (κ2) is 3.69. The molecule has 2 nitrogen and oxygen atoms in total. The Labute approximate surface area is 78.0 Å². The fraction of sp³-hybridized carbons (Fsp3) is 0.222. The van der Waals surface area contributed by atoms with Gasteiger partial charge in [0.2, 0.25) is 0 Å². The summed E-state index contributed by atoms with van der Waals surface area (Å²) in [6, 6.07) is 1.18. The molecule has 0 aliphatic rings. The summed E-state index contributed by atoms with van der Waals surface area (Å²) in [4.78, 5) is 10.8. The van der Waals surface area contributed by atoms with E-state index in [4.69, 9.17) is 5.11 Å². The van der Waals surface area contributed by atoms with Crippen molar-refractivity contribution in [2.24, 2.45) is 0 Å². The molecule has 0 aliphatic carbocycles. The number of ketones is 1. The van der Waals surface area contributed by atoms with Gasteiger partial charge >= 0.3 is 0 Å². The van der Waals surface area contributed by atoms with E-state index in [1.807, 2.05) is 0 Å². The summed E-state index contributed by atoms with van der Waals surface area (Å²) in [6.07, 6.45) is -2.97. The van der Waals surface area contributed by atoms with Crippen LogP contribution >= 0.6 is 0 Å². The Kier molecular flexibility index (Phi) is 2.78. The van der Waals surface area contributed by atoms with Crippen molar-refractivity contribution < 1.29 is 23.1 Å². The maximum Gasteiger partial charge on any atom is 0.267 e. The van der Waals surface area contributed by atoms with Crippen molar-refractivity contribution in [3.63, 3.8) is 0 Å². The largest absolute Gasteiger partial charge is 0.507 e. The highest BCUT2D eigenvalue weighted by Crippen LogP contribution is 2.30. The average Bonchev–Trinajstić information content (AvgIpc) is 2.07. The molecule has 0 atom stereocenters. The lowest BCUT2D eigenvalue weighted by Gasteiger charge is -2.05. The number of alkyl halides is 2. The summed E-state index contributed by atoms with van der Waals surface area (Å²) in [5, 5.41) is 9.04. The van der Waals surface area contributed by atoms with Crippen molar-refractivity contribution in [3.05, 3.63) is 29.1 Å². The predicted octanol–water partition coefficient (Wildman–Crippen LogP) is 2.67. The van der Waals surface area contributed by atoms with Crippen molar-refractivity contribution in [2.75, 3.05) is 0 Å². The number of benzene rings is 1. The first-order valence-corrected chi connectivity index (χ1v) is 3.75. The highest BCUT2D eigenvalue weighted by atomic mass is 19.3. The van der Waals surface area contributed by atoms with Gasteiger partial charge in [0, 0.05) is 0 Å². The molecule has 0 saturated heterocycles. The van der Waals surface area contributed by atoms with Crippen LogP contribution in [0.2, 0.25) is 0 Å². The maximum absolute atomic E-state index is 13.0. The Hall–Kier alpha value is -1.52. The van der Waals surface area contributed by atoms with Gasteiger partial charge in [-0.15, -0.1) is 0 Å². The van der Waals surface area contributed by atoms with Crippen LogP contribution < -0.4 is 0 Å². The second-order valence-corrected chi connectivity index (χ2v) is 2.75. The van der Waals surface area contributed by atoms with Gasteiger partial charge in [0.25, 0.3) is 6.43 Å². The number of carbonyl (C=O) groups is 1. The minimum Gasteiger partial charge on any atom is -0.507 e. The van der Waals surface area contributed by atoms with Crippen LogP contribution in [0, 0.1) is 5.82 Å². The van der Waals surface area contributed by atoms with Crippen molar-refractivity contribution in [1.29, 1.82) is 0 Å². The van der Waals surface area contributed by atoms with E-state index >= 15 is 0 Å². The van der Waals surface area contributed by atoms with Crippen molar-refractivity contribution in [3.8, 4) is 5.75 Å². The molecular formula is C9H7F3O2. The van der Waals surface area contributed by atoms with E-state index in [0.717, 1.165) is 6.92 Å². The summed E-state index contributed by atoms with van der Waals surface area (Å²) in [6.45, 7) is 1.08. The summed E-state index contributed by atoms with van der Waals surface area (Å²) in [5.41, 5.74) is -1.21. The van der Waals surface area contributed by atoms with Crippen LogP contribution in [-0.2, 0) is 0 Å². The number of hydrogen-bond acceptors (Lipinski definition) is 2. The molecule has 0 spiro atoms. The maximum atomic E-state index is 13.0. The molecule has 0 unspecified atom stereocenters. The zero-order chi connectivity index (χ0) is 10.9. The molecule has 0 bridgehead atoms. The first-order valence-electron chi connectivity index (χ1n) is 3.75. The van der Waals surface area contributed by atoms with Gasteiger partial charge in [0.15, 0.2) is 5.78 Å². The lowest BCUT2D eigenvalue weighted by Crippen LogP contribution is -1.99. The van der Waals surface area contributed by atoms with E-state index in [9.17, 15) is 18.0 Å². The fourth-order valence-electron chi connectivity index (χ4n) is 1.02. The van der Waals surface area contributed by atoms with E-state index in [1.54, 1.807) is 0 Å². The van der Waals surface area contributed by atoms with Gasteiger partial charge in [-0.1, -0.05) is 0 Å². The van der Waals surface area contributed by atoms with Crippen LogP contribution in [0.25, 0.3) is 0 Å². The normalized spacial score (nSPS) is 10.6. The Bertz CT molecular complexity index is 375. The number of rotatable bonds is 2. The number of Topliss-reactive ketones (excluding diaryl/α,β-unsaturated/α-hetero) is 1. The molecule has 0 aliphatic heterocycles. The SMILES string of the molecule is CC(=O)c1cc(O)c(C(F)F)cc1F. The molecule has 0 saturated carbocycles. The molecule has 1 aromatic rings. The molecule has 0 aromatic heterocycles. The summed E-state index contributed by atoms with van der Waals surface area (Å²) < 4.78 is 37.2. The molecule has 5 heteroatoms. The third kappa shape index (κ3) is 1.86. The lowest BCUT2D eigenvalue weighted by molar-refractivity contribution is 0.101. The molecule has 1 rings (SSSR count). The summed E-state index contributed by atoms with van der Waals surface area (Å²) in [7, 11) is 0. The minimum absolute atomic E-state index is 0.396. The minimum atomic E-state index is -2.97. The number of halogens is 3. The highest BCUT2D eigenvalue weighted by molar-refractivity contribution is 5.94. The average molecular weight is 204 g/mol. The van der Waals surface area contributed by atoms with E-state index in [-0.39, 0.29) is 0 Å². The van der Waals surface area contributed by atoms with Gasteiger partial charge in [-0.2, -0.15) is 0 Å². The van der Waals surface area contributed by atoms with Crippen LogP contribution in [0.3, 0.4) is 0 Å². The topological polar surface area (TPSA) is 37.3 Å². The first kappa shape index (κ1) is 10.6. The monoisotopic (exact) mass is 204 g/mol. The van der Waals surface area contributed by atoms with Gasteiger partial charge in [-0.05, 0) is 19.1 Å². The zero-order valence-corrected chi connectivity index (χ0v) is 7.22. The molecule has 1 aromatic carbocycles. The molecule has 14 heavy (non-hydrogen) atoms. The van der Waals surface area contributed by atoms with Gasteiger partial charge in [-0.25, -0.2) is 13.2 Å². The lowest BCUT2D eigenvalue weighted by atomic mass is 10.1. The van der Waals surface area contributed by atoms with E-state index in [2.05, 4.69) is 0 Å². The molecule has 0 amide bonds. The molecule has 1 N–H and O–H groups in total. The van der Waals surface area contributed by atoms with Gasteiger partial charge in [0.1, 0.15) is 11.6 Å². The Morgan fingerprint density at radius 1 is 1.43 bits per heavy atom. The second-order valence-electron chi connectivity index (χ2n) is 2.75. The van der Waals surface area contributed by atoms with Crippen LogP contribution in [0.1, 0.15) is 29.3 Å². The Balaban J connectivity index is 3.31. The first-order chi connectivity index (χ1) is 6.43. The zero-order valence-electron chi connectivity index (χ0n) is 7.22. The van der Waals surface area contributed by atoms with Crippen LogP contribution in [0.5, 0.6) is 5.75 Å². The molecule has 76 valence electrons. The van der Waals surface area contributed by atoms with Crippen LogP contribution in [-0.4, -0.2) is 10.9 Å². The molecular weight excluding hydrogens is 197 g/mol. The van der Waals surface area contributed by atoms with Crippen LogP contribution in [0.4, 0.5) is 13.2 Å². The van der Waals surface area contributed by atoms with Gasteiger partial charge in [0.05, 0.1) is 11.1 Å². The smallest absolute Gasteiger partial charge is 0.267 e. The number of phenols is 1. The highest BCUT2D eigenvalue weighted by Gasteiger charge is 2.18. The molecule has 0 fully saturated rings. The van der Waals surface area contributed by atoms with Crippen molar-refractivity contribution >= 4 is 5.78 Å². The van der Waals surface area contributed by atoms with E-state index in [1.165, 1.54) is 0 Å². The van der Waals surface area contributed by atoms with E-state index < -0.39 is 34.9 Å². The predicted molar refractivity (Wildman–Crippen MR) is 43.0 cm³/mol. The Morgan fingerprint density at radius 2 is 2.00 bits per heavy atom. The number of carbonyl (C=O) groups excluding carboxylic acids is 1. The molecule has 0 radical (unpaired) electrons. The van der Waals surface area contributed by atoms with E-state index in [0.29, 0.717) is 12.1 Å². The van der Waals surface area contributed by atoms with Crippen molar-refractivity contribution in [1.82, 2.24) is 0 Å².